The molecule has 0 amide bonds. The third-order valence-electron chi connectivity index (χ3n) is 2.26. The van der Waals surface area contributed by atoms with Crippen molar-refractivity contribution in [2.75, 3.05) is 19.0 Å². The summed E-state index contributed by atoms with van der Waals surface area (Å²) in [6.45, 7) is 0.453. The lowest BCUT2D eigenvalue weighted by atomic mass is 10.3. The van der Waals surface area contributed by atoms with Crippen molar-refractivity contribution in [2.45, 2.75) is 6.54 Å². The summed E-state index contributed by atoms with van der Waals surface area (Å²) in [6, 6.07) is 3.71. The Morgan fingerprint density at radius 2 is 2.00 bits per heavy atom. The molecule has 0 aromatic carbocycles. The Kier molecular flexibility index (Phi) is 3.13. The van der Waals surface area contributed by atoms with Gasteiger partial charge in [-0.1, -0.05) is 0 Å². The van der Waals surface area contributed by atoms with Gasteiger partial charge in [0.15, 0.2) is 0 Å². The molecule has 0 saturated heterocycles. The number of rotatable bonds is 3. The fraction of sp³-hybridized carbons (Fsp3) is 0.273. The second kappa shape index (κ2) is 4.73. The van der Waals surface area contributed by atoms with Crippen molar-refractivity contribution in [2.24, 2.45) is 0 Å². The molecule has 0 fully saturated rings. The van der Waals surface area contributed by atoms with Crippen molar-refractivity contribution >= 4 is 5.95 Å². The molecular formula is C11H13N5O. The van der Waals surface area contributed by atoms with Crippen molar-refractivity contribution in [3.8, 4) is 0 Å². The van der Waals surface area contributed by atoms with E-state index in [9.17, 15) is 4.79 Å². The van der Waals surface area contributed by atoms with Crippen LogP contribution in [0.5, 0.6) is 0 Å². The van der Waals surface area contributed by atoms with Gasteiger partial charge in [0, 0.05) is 26.5 Å². The molecule has 17 heavy (non-hydrogen) atoms. The Morgan fingerprint density at radius 1 is 1.29 bits per heavy atom. The number of hydrogen-bond acceptors (Lipinski definition) is 5. The minimum atomic E-state index is -0.305. The zero-order valence-corrected chi connectivity index (χ0v) is 9.74. The largest absolute Gasteiger partial charge is 0.352 e. The minimum Gasteiger partial charge on any atom is -0.347 e. The van der Waals surface area contributed by atoms with Crippen LogP contribution < -0.4 is 10.6 Å². The monoisotopic (exact) mass is 231 g/mol. The molecule has 0 unspecified atom stereocenters. The maximum atomic E-state index is 11.7. The van der Waals surface area contributed by atoms with E-state index >= 15 is 0 Å². The summed E-state index contributed by atoms with van der Waals surface area (Å²) in [4.78, 5) is 25.3. The highest BCUT2D eigenvalue weighted by Crippen LogP contribution is 2.00. The van der Waals surface area contributed by atoms with Crippen LogP contribution in [0.3, 0.4) is 0 Å². The Bertz CT molecular complexity index is 549. The Balaban J connectivity index is 2.26. The van der Waals surface area contributed by atoms with Gasteiger partial charge in [0.1, 0.15) is 6.33 Å². The smallest absolute Gasteiger partial charge is 0.347 e. The van der Waals surface area contributed by atoms with Gasteiger partial charge in [0.05, 0.1) is 6.54 Å². The summed E-state index contributed by atoms with van der Waals surface area (Å²) in [5.74, 6) is 0.418. The summed E-state index contributed by atoms with van der Waals surface area (Å²) in [5, 5.41) is 0. The number of anilines is 1. The van der Waals surface area contributed by atoms with E-state index in [1.54, 1.807) is 31.4 Å². The van der Waals surface area contributed by atoms with Crippen molar-refractivity contribution in [1.29, 1.82) is 0 Å². The zero-order chi connectivity index (χ0) is 12.3. The maximum Gasteiger partial charge on any atom is 0.352 e. The van der Waals surface area contributed by atoms with Gasteiger partial charge in [0.2, 0.25) is 5.95 Å². The van der Waals surface area contributed by atoms with Crippen LogP contribution in [0.4, 0.5) is 5.95 Å². The first kappa shape index (κ1) is 11.3. The third kappa shape index (κ3) is 2.66. The molecule has 0 spiro atoms. The van der Waals surface area contributed by atoms with E-state index in [2.05, 4.69) is 15.0 Å². The molecule has 0 aliphatic rings. The lowest BCUT2D eigenvalue weighted by Gasteiger charge is -2.10. The van der Waals surface area contributed by atoms with Gasteiger partial charge in [-0.3, -0.25) is 9.55 Å². The van der Waals surface area contributed by atoms with E-state index in [0.717, 1.165) is 5.56 Å². The molecular weight excluding hydrogens is 218 g/mol. The standard InChI is InChI=1S/C11H13N5O/c1-15(2)10-13-8-16(11(17)14-10)7-9-3-5-12-6-4-9/h3-6,8H,7H2,1-2H3. The molecule has 0 N–H and O–H groups in total. The lowest BCUT2D eigenvalue weighted by molar-refractivity contribution is 0.695. The highest BCUT2D eigenvalue weighted by Gasteiger charge is 2.03. The van der Waals surface area contributed by atoms with Crippen LogP contribution in [-0.2, 0) is 6.54 Å². The molecule has 6 heteroatoms. The van der Waals surface area contributed by atoms with Crippen LogP contribution in [0, 0.1) is 0 Å². The second-order valence-corrected chi connectivity index (χ2v) is 3.82. The van der Waals surface area contributed by atoms with Crippen LogP contribution >= 0.6 is 0 Å². The normalized spacial score (nSPS) is 10.2. The van der Waals surface area contributed by atoms with E-state index in [1.165, 1.54) is 10.9 Å². The molecule has 2 aromatic heterocycles. The molecule has 6 nitrogen and oxygen atoms in total. The average molecular weight is 231 g/mol. The molecule has 2 heterocycles. The number of aromatic nitrogens is 4. The molecule has 2 rings (SSSR count). The Hall–Kier alpha value is -2.24. The van der Waals surface area contributed by atoms with E-state index in [1.807, 2.05) is 12.1 Å². The lowest BCUT2D eigenvalue weighted by Crippen LogP contribution is -2.27. The Labute approximate surface area is 98.6 Å². The predicted molar refractivity (Wildman–Crippen MR) is 64.0 cm³/mol. The van der Waals surface area contributed by atoms with E-state index in [4.69, 9.17) is 0 Å². The second-order valence-electron chi connectivity index (χ2n) is 3.82. The van der Waals surface area contributed by atoms with Crippen molar-refractivity contribution < 1.29 is 0 Å². The van der Waals surface area contributed by atoms with Crippen LogP contribution in [0.25, 0.3) is 0 Å². The van der Waals surface area contributed by atoms with E-state index < -0.39 is 0 Å². The highest BCUT2D eigenvalue weighted by atomic mass is 16.1. The summed E-state index contributed by atoms with van der Waals surface area (Å²) in [5.41, 5.74) is 0.684. The average Bonchev–Trinajstić information content (AvgIpc) is 2.33. The molecule has 0 bridgehead atoms. The molecule has 0 aliphatic heterocycles. The van der Waals surface area contributed by atoms with Gasteiger partial charge < -0.3 is 4.90 Å². The van der Waals surface area contributed by atoms with Crippen LogP contribution in [0.1, 0.15) is 5.56 Å². The van der Waals surface area contributed by atoms with Crippen LogP contribution in [-0.4, -0.2) is 33.6 Å². The van der Waals surface area contributed by atoms with Crippen LogP contribution in [0.15, 0.2) is 35.6 Å². The molecule has 88 valence electrons. The molecule has 0 radical (unpaired) electrons. The Morgan fingerprint density at radius 3 is 2.59 bits per heavy atom. The molecule has 2 aromatic rings. The van der Waals surface area contributed by atoms with Crippen molar-refractivity contribution in [3.63, 3.8) is 0 Å². The molecule has 0 atom stereocenters. The fourth-order valence-electron chi connectivity index (χ4n) is 1.36. The van der Waals surface area contributed by atoms with Gasteiger partial charge in [-0.25, -0.2) is 9.78 Å². The van der Waals surface area contributed by atoms with Crippen molar-refractivity contribution in [1.82, 2.24) is 19.5 Å². The first-order chi connectivity index (χ1) is 8.16. The van der Waals surface area contributed by atoms with E-state index in [-0.39, 0.29) is 5.69 Å². The van der Waals surface area contributed by atoms with Gasteiger partial charge in [0.25, 0.3) is 0 Å². The predicted octanol–water partition coefficient (Wildman–Crippen LogP) is 0.148. The summed E-state index contributed by atoms with van der Waals surface area (Å²) in [7, 11) is 3.59. The summed E-state index contributed by atoms with van der Waals surface area (Å²) >= 11 is 0. The summed E-state index contributed by atoms with van der Waals surface area (Å²) < 4.78 is 1.46. The molecule has 0 aliphatic carbocycles. The van der Waals surface area contributed by atoms with Crippen LogP contribution in [0.2, 0.25) is 0 Å². The topological polar surface area (TPSA) is 63.9 Å². The number of nitrogens with zero attached hydrogens (tertiary/aromatic N) is 5. The van der Waals surface area contributed by atoms with Gasteiger partial charge in [-0.15, -0.1) is 0 Å². The van der Waals surface area contributed by atoms with E-state index in [0.29, 0.717) is 12.5 Å². The third-order valence-corrected chi connectivity index (χ3v) is 2.26. The van der Waals surface area contributed by atoms with Crippen molar-refractivity contribution in [3.05, 3.63) is 46.9 Å². The SMILES string of the molecule is CN(C)c1ncn(Cc2ccncc2)c(=O)n1. The number of hydrogen-bond donors (Lipinski definition) is 0. The first-order valence-electron chi connectivity index (χ1n) is 5.16. The minimum absolute atomic E-state index is 0.305. The van der Waals surface area contributed by atoms with Gasteiger partial charge >= 0.3 is 5.69 Å². The zero-order valence-electron chi connectivity index (χ0n) is 9.74. The maximum absolute atomic E-state index is 11.7. The number of pyridine rings is 1. The highest BCUT2D eigenvalue weighted by molar-refractivity contribution is 5.23. The van der Waals surface area contributed by atoms with Gasteiger partial charge in [-0.2, -0.15) is 4.98 Å². The van der Waals surface area contributed by atoms with Gasteiger partial charge in [-0.05, 0) is 17.7 Å². The molecule has 0 saturated carbocycles. The fourth-order valence-corrected chi connectivity index (χ4v) is 1.36. The first-order valence-corrected chi connectivity index (χ1v) is 5.16. The quantitative estimate of drug-likeness (QED) is 0.752. The summed E-state index contributed by atoms with van der Waals surface area (Å²) in [6.07, 6.45) is 4.88.